The van der Waals surface area contributed by atoms with E-state index >= 15 is 0 Å². The lowest BCUT2D eigenvalue weighted by atomic mass is 9.89. The van der Waals surface area contributed by atoms with E-state index in [0.29, 0.717) is 24.2 Å². The van der Waals surface area contributed by atoms with E-state index in [2.05, 4.69) is 131 Å². The van der Waals surface area contributed by atoms with Gasteiger partial charge in [0, 0.05) is 22.7 Å². The molecule has 4 unspecified atom stereocenters. The lowest BCUT2D eigenvalue weighted by molar-refractivity contribution is 0.408. The zero-order valence-electron chi connectivity index (χ0n) is 28.8. The van der Waals surface area contributed by atoms with E-state index in [9.17, 15) is 0 Å². The highest BCUT2D eigenvalue weighted by molar-refractivity contribution is 5.76. The molecule has 4 aromatic carbocycles. The van der Waals surface area contributed by atoms with Gasteiger partial charge in [0.25, 0.3) is 0 Å². The molecule has 48 heavy (non-hydrogen) atoms. The van der Waals surface area contributed by atoms with Crippen LogP contribution in [0.2, 0.25) is 0 Å². The van der Waals surface area contributed by atoms with E-state index in [-0.39, 0.29) is 0 Å². The first-order chi connectivity index (χ1) is 23.6. The van der Waals surface area contributed by atoms with Crippen molar-refractivity contribution in [2.75, 3.05) is 33.8 Å². The van der Waals surface area contributed by atoms with Gasteiger partial charge in [0.1, 0.15) is 11.5 Å². The number of hydrogen-bond acceptors (Lipinski definition) is 6. The fourth-order valence-electron chi connectivity index (χ4n) is 8.83. The van der Waals surface area contributed by atoms with Gasteiger partial charge in [-0.3, -0.25) is 0 Å². The van der Waals surface area contributed by atoms with Crippen LogP contribution in [0.1, 0.15) is 62.5 Å². The molecule has 4 aromatic rings. The van der Waals surface area contributed by atoms with Gasteiger partial charge in [0.05, 0.1) is 38.4 Å². The van der Waals surface area contributed by atoms with Crippen LogP contribution in [0.5, 0.6) is 11.5 Å². The van der Waals surface area contributed by atoms with E-state index in [1.165, 1.54) is 84.0 Å². The summed E-state index contributed by atoms with van der Waals surface area (Å²) in [6, 6.07) is 37.5. The molecule has 6 nitrogen and oxygen atoms in total. The van der Waals surface area contributed by atoms with Crippen LogP contribution < -0.4 is 29.1 Å². The predicted molar refractivity (Wildman–Crippen MR) is 197 cm³/mol. The van der Waals surface area contributed by atoms with E-state index in [1.807, 2.05) is 0 Å². The Hall–Kier alpha value is -4.58. The number of ether oxygens (including phenoxy) is 2. The summed E-state index contributed by atoms with van der Waals surface area (Å²) in [5.74, 6) is 4.34. The summed E-state index contributed by atoms with van der Waals surface area (Å²) >= 11 is 0. The summed E-state index contributed by atoms with van der Waals surface area (Å²) in [7, 11) is 3.50. The molecule has 0 radical (unpaired) electrons. The number of nitrogens with zero attached hydrogens (tertiary/aromatic N) is 4. The molecule has 0 N–H and O–H groups in total. The van der Waals surface area contributed by atoms with Gasteiger partial charge in [0.15, 0.2) is 11.6 Å². The minimum Gasteiger partial charge on any atom is -0.497 e. The summed E-state index contributed by atoms with van der Waals surface area (Å²) in [4.78, 5) is 10.8. The minimum atomic E-state index is 0.358. The molecule has 0 aromatic heterocycles. The molecule has 248 valence electrons. The second-order valence-electron chi connectivity index (χ2n) is 14.0. The van der Waals surface area contributed by atoms with Gasteiger partial charge in [0.2, 0.25) is 0 Å². The van der Waals surface area contributed by atoms with E-state index in [4.69, 9.17) is 9.47 Å². The zero-order chi connectivity index (χ0) is 32.8. The Bertz CT molecular complexity index is 1620. The highest BCUT2D eigenvalue weighted by Crippen LogP contribution is 2.51. The van der Waals surface area contributed by atoms with Crippen molar-refractivity contribution in [3.8, 4) is 11.5 Å². The highest BCUT2D eigenvalue weighted by atomic mass is 16.5. The van der Waals surface area contributed by atoms with Crippen molar-refractivity contribution in [2.45, 2.75) is 89.4 Å². The third kappa shape index (κ3) is 5.26. The smallest absolute Gasteiger partial charge is 0.156 e. The molecule has 4 fully saturated rings. The lowest BCUT2D eigenvalue weighted by Crippen LogP contribution is -2.40. The van der Waals surface area contributed by atoms with Crippen LogP contribution >= 0.6 is 0 Å². The number of hydrogen-bond donors (Lipinski definition) is 0. The normalized spacial score (nSPS) is 25.2. The maximum Gasteiger partial charge on any atom is 0.156 e. The Kier molecular flexibility index (Phi) is 8.19. The van der Waals surface area contributed by atoms with E-state index < -0.39 is 0 Å². The van der Waals surface area contributed by atoms with Crippen LogP contribution in [-0.2, 0) is 0 Å². The molecule has 4 aliphatic rings. The van der Waals surface area contributed by atoms with Crippen LogP contribution in [0.4, 0.5) is 22.7 Å². The summed E-state index contributed by atoms with van der Waals surface area (Å²) in [5, 5.41) is 0. The standard InChI is InChI=1S/C42H48N4O2/c1-29-13-17-31(18-14-29)43-37-9-5-7-11-39(37)45(33-21-25-35(47-3)26-22-33)41(43)42-44(32-19-15-30(2)16-20-32)38-10-6-8-12-40(38)46(42)34-23-27-36(48-4)28-24-34/h13-28,37-40H,5-12H2,1-4H3/b42-41-. The Labute approximate surface area is 286 Å². The van der Waals surface area contributed by atoms with Gasteiger partial charge < -0.3 is 29.1 Å². The Morgan fingerprint density at radius 1 is 0.396 bits per heavy atom. The molecular formula is C42H48N4O2. The third-order valence-corrected chi connectivity index (χ3v) is 11.2. The fourth-order valence-corrected chi connectivity index (χ4v) is 8.83. The number of methoxy groups -OCH3 is 2. The average molecular weight is 641 g/mol. The van der Waals surface area contributed by atoms with Crippen LogP contribution in [0.15, 0.2) is 109 Å². The third-order valence-electron chi connectivity index (χ3n) is 11.2. The van der Waals surface area contributed by atoms with Crippen molar-refractivity contribution >= 4 is 22.7 Å². The number of rotatable bonds is 6. The van der Waals surface area contributed by atoms with Crippen LogP contribution in [0.3, 0.4) is 0 Å². The quantitative estimate of drug-likeness (QED) is 0.209. The van der Waals surface area contributed by atoms with E-state index in [1.54, 1.807) is 14.2 Å². The molecular weight excluding hydrogens is 592 g/mol. The largest absolute Gasteiger partial charge is 0.497 e. The van der Waals surface area contributed by atoms with Gasteiger partial charge in [-0.25, -0.2) is 0 Å². The first-order valence-electron chi connectivity index (χ1n) is 17.9. The van der Waals surface area contributed by atoms with Gasteiger partial charge in [-0.15, -0.1) is 0 Å². The van der Waals surface area contributed by atoms with Crippen LogP contribution in [0.25, 0.3) is 0 Å². The predicted octanol–water partition coefficient (Wildman–Crippen LogP) is 9.42. The molecule has 0 spiro atoms. The Morgan fingerprint density at radius 2 is 0.646 bits per heavy atom. The van der Waals surface area contributed by atoms with Crippen molar-refractivity contribution in [2.24, 2.45) is 0 Å². The summed E-state index contributed by atoms with van der Waals surface area (Å²) in [6.45, 7) is 4.37. The SMILES string of the molecule is COc1ccc(N2/C(=C3/N(c4ccc(C)cc4)C4CCCCC4N3c3ccc(OC)cc3)N(c3ccc(C)cc3)C3CCCCC32)cc1. The van der Waals surface area contributed by atoms with Gasteiger partial charge in [-0.1, -0.05) is 61.1 Å². The van der Waals surface area contributed by atoms with Crippen LogP contribution in [-0.4, -0.2) is 38.4 Å². The number of fused-ring (bicyclic) bond motifs is 2. The molecule has 8 rings (SSSR count). The molecule has 2 heterocycles. The maximum atomic E-state index is 5.64. The topological polar surface area (TPSA) is 31.4 Å². The first-order valence-corrected chi connectivity index (χ1v) is 17.9. The molecule has 6 heteroatoms. The Morgan fingerprint density at radius 3 is 0.896 bits per heavy atom. The minimum absolute atomic E-state index is 0.358. The fraction of sp³-hybridized carbons (Fsp3) is 0.381. The Balaban J connectivity index is 1.45. The summed E-state index contributed by atoms with van der Waals surface area (Å²) in [5.41, 5.74) is 7.55. The monoisotopic (exact) mass is 640 g/mol. The molecule has 2 saturated carbocycles. The van der Waals surface area contributed by atoms with E-state index in [0.717, 1.165) is 24.3 Å². The lowest BCUT2D eigenvalue weighted by Gasteiger charge is -2.36. The van der Waals surface area contributed by atoms with Crippen molar-refractivity contribution in [1.82, 2.24) is 0 Å². The van der Waals surface area contributed by atoms with Crippen molar-refractivity contribution in [3.05, 3.63) is 120 Å². The molecule has 2 saturated heterocycles. The maximum absolute atomic E-state index is 5.64. The van der Waals surface area contributed by atoms with Gasteiger partial charge >= 0.3 is 0 Å². The number of benzene rings is 4. The molecule has 0 amide bonds. The summed E-state index contributed by atoms with van der Waals surface area (Å²) in [6.07, 6.45) is 9.64. The zero-order valence-corrected chi connectivity index (χ0v) is 28.8. The number of anilines is 4. The average Bonchev–Trinajstić information content (AvgIpc) is 3.65. The second-order valence-corrected chi connectivity index (χ2v) is 14.0. The summed E-state index contributed by atoms with van der Waals surface area (Å²) < 4.78 is 11.3. The second kappa shape index (κ2) is 12.8. The molecule has 2 aliphatic carbocycles. The van der Waals surface area contributed by atoms with Crippen molar-refractivity contribution in [3.63, 3.8) is 0 Å². The van der Waals surface area contributed by atoms with Crippen molar-refractivity contribution < 1.29 is 9.47 Å². The van der Waals surface area contributed by atoms with Crippen LogP contribution in [0, 0.1) is 13.8 Å². The van der Waals surface area contributed by atoms with Gasteiger partial charge in [-0.05, 0) is 112 Å². The molecule has 0 bridgehead atoms. The van der Waals surface area contributed by atoms with Gasteiger partial charge in [-0.2, -0.15) is 0 Å². The van der Waals surface area contributed by atoms with Crippen molar-refractivity contribution in [1.29, 1.82) is 0 Å². The first kappa shape index (κ1) is 30.7. The molecule has 4 atom stereocenters. The highest BCUT2D eigenvalue weighted by Gasteiger charge is 2.53. The molecule has 2 aliphatic heterocycles. The number of aryl methyl sites for hydroxylation is 2.